The van der Waals surface area contributed by atoms with E-state index in [0.717, 1.165) is 0 Å². The van der Waals surface area contributed by atoms with Crippen molar-refractivity contribution >= 4 is 0 Å². The van der Waals surface area contributed by atoms with Crippen LogP contribution >= 0.6 is 0 Å². The van der Waals surface area contributed by atoms with Crippen LogP contribution in [0, 0.1) is 0 Å². The van der Waals surface area contributed by atoms with Crippen molar-refractivity contribution in [2.24, 2.45) is 0 Å². The molecular weight excluding hydrogens is 204 g/mol. The van der Waals surface area contributed by atoms with Crippen molar-refractivity contribution in [3.8, 4) is 0 Å². The second-order valence-corrected chi connectivity index (χ2v) is 5.32. The van der Waals surface area contributed by atoms with Gasteiger partial charge in [0.15, 0.2) is 0 Å². The van der Waals surface area contributed by atoms with Crippen molar-refractivity contribution in [3.63, 3.8) is 0 Å². The zero-order valence-electron chi connectivity index (χ0n) is 12.2. The Morgan fingerprint density at radius 1 is 0.875 bits per heavy atom. The van der Waals surface area contributed by atoms with Crippen LogP contribution in [0.25, 0.3) is 0 Å². The molecule has 0 spiro atoms. The zero-order valence-corrected chi connectivity index (χ0v) is 12.2. The topological polar surface area (TPSA) is 38.7 Å². The van der Waals surface area contributed by atoms with Gasteiger partial charge >= 0.3 is 0 Å². The minimum Gasteiger partial charge on any atom is -0.393 e. The molecule has 3 heteroatoms. The van der Waals surface area contributed by atoms with E-state index in [1.165, 1.54) is 0 Å². The van der Waals surface area contributed by atoms with Gasteiger partial charge in [-0.25, -0.2) is 0 Å². The van der Waals surface area contributed by atoms with Gasteiger partial charge in [-0.1, -0.05) is 0 Å². The van der Waals surface area contributed by atoms with Crippen LogP contribution in [0.2, 0.25) is 0 Å². The Labute approximate surface area is 101 Å². The third kappa shape index (κ3) is 16.3. The highest BCUT2D eigenvalue weighted by molar-refractivity contribution is 4.66. The van der Waals surface area contributed by atoms with Crippen LogP contribution in [0.4, 0.5) is 0 Å². The summed E-state index contributed by atoms with van der Waals surface area (Å²) < 4.78 is 10.6. The van der Waals surface area contributed by atoms with E-state index in [1.54, 1.807) is 0 Å². The molecule has 0 aliphatic rings. The van der Waals surface area contributed by atoms with Gasteiger partial charge in [0.2, 0.25) is 0 Å². The third-order valence-electron chi connectivity index (χ3n) is 1.48. The minimum atomic E-state index is -0.381. The van der Waals surface area contributed by atoms with Gasteiger partial charge in [0.1, 0.15) is 0 Å². The number of aliphatic hydroxyl groups is 1. The largest absolute Gasteiger partial charge is 0.393 e. The van der Waals surface area contributed by atoms with Crippen LogP contribution in [-0.2, 0) is 9.47 Å². The molecule has 1 N–H and O–H groups in total. The Morgan fingerprint density at radius 2 is 1.25 bits per heavy atom. The zero-order chi connectivity index (χ0) is 13.4. The first-order valence-corrected chi connectivity index (χ1v) is 6.05. The fraction of sp³-hybridized carbons (Fsp3) is 1.00. The van der Waals surface area contributed by atoms with Crippen LogP contribution in [0.5, 0.6) is 0 Å². The van der Waals surface area contributed by atoms with Gasteiger partial charge in [-0.05, 0) is 55.4 Å². The Hall–Kier alpha value is -0.120. The number of hydrogen-bond acceptors (Lipinski definition) is 3. The van der Waals surface area contributed by atoms with Gasteiger partial charge in [-0.15, -0.1) is 0 Å². The molecule has 0 bridgehead atoms. The van der Waals surface area contributed by atoms with Crippen LogP contribution in [-0.4, -0.2) is 35.6 Å². The SMILES string of the molecule is CC(C)OC(C)(C)CO.CC(C)OC(C)C. The number of ether oxygens (including phenoxy) is 2. The van der Waals surface area contributed by atoms with Crippen LogP contribution < -0.4 is 0 Å². The first-order valence-electron chi connectivity index (χ1n) is 6.05. The molecule has 0 aromatic carbocycles. The first kappa shape index (κ1) is 18.3. The smallest absolute Gasteiger partial charge is 0.0859 e. The summed E-state index contributed by atoms with van der Waals surface area (Å²) in [4.78, 5) is 0. The average Bonchev–Trinajstić information content (AvgIpc) is 2.00. The van der Waals surface area contributed by atoms with Crippen LogP contribution in [0.1, 0.15) is 55.4 Å². The molecule has 0 fully saturated rings. The molecule has 0 heterocycles. The van der Waals surface area contributed by atoms with Gasteiger partial charge in [-0.2, -0.15) is 0 Å². The van der Waals surface area contributed by atoms with Crippen molar-refractivity contribution < 1.29 is 14.6 Å². The lowest BCUT2D eigenvalue weighted by atomic mass is 10.1. The van der Waals surface area contributed by atoms with E-state index >= 15 is 0 Å². The van der Waals surface area contributed by atoms with E-state index in [0.29, 0.717) is 12.2 Å². The average molecular weight is 234 g/mol. The molecule has 0 saturated heterocycles. The van der Waals surface area contributed by atoms with E-state index in [-0.39, 0.29) is 18.3 Å². The molecule has 3 nitrogen and oxygen atoms in total. The number of hydrogen-bond donors (Lipinski definition) is 1. The van der Waals surface area contributed by atoms with E-state index in [9.17, 15) is 0 Å². The van der Waals surface area contributed by atoms with E-state index in [2.05, 4.69) is 0 Å². The standard InChI is InChI=1S/C7H16O2.C6H14O/c1-6(2)9-7(3,4)5-8;1-5(2)7-6(3)4/h6,8H,5H2,1-4H3;5-6H,1-4H3. The molecule has 0 aromatic rings. The lowest BCUT2D eigenvalue weighted by Gasteiger charge is -2.24. The fourth-order valence-corrected chi connectivity index (χ4v) is 1.22. The van der Waals surface area contributed by atoms with Crippen molar-refractivity contribution in [2.75, 3.05) is 6.61 Å². The summed E-state index contributed by atoms with van der Waals surface area (Å²) in [6.45, 7) is 15.9. The molecule has 0 aliphatic heterocycles. The minimum absolute atomic E-state index is 0.0746. The Balaban J connectivity index is 0. The van der Waals surface area contributed by atoms with Gasteiger partial charge in [-0.3, -0.25) is 0 Å². The monoisotopic (exact) mass is 234 g/mol. The second-order valence-electron chi connectivity index (χ2n) is 5.32. The van der Waals surface area contributed by atoms with Crippen molar-refractivity contribution in [1.29, 1.82) is 0 Å². The highest BCUT2D eigenvalue weighted by atomic mass is 16.5. The molecule has 0 amide bonds. The Kier molecular flexibility index (Phi) is 10.2. The summed E-state index contributed by atoms with van der Waals surface area (Å²) in [6, 6.07) is 0. The molecule has 0 radical (unpaired) electrons. The molecule has 0 aliphatic carbocycles. The van der Waals surface area contributed by atoms with E-state index in [1.807, 2.05) is 55.4 Å². The van der Waals surface area contributed by atoms with E-state index in [4.69, 9.17) is 14.6 Å². The Morgan fingerprint density at radius 3 is 1.31 bits per heavy atom. The van der Waals surface area contributed by atoms with Gasteiger partial charge in [0.05, 0.1) is 30.5 Å². The predicted molar refractivity (Wildman–Crippen MR) is 68.7 cm³/mol. The fourth-order valence-electron chi connectivity index (χ4n) is 1.22. The summed E-state index contributed by atoms with van der Waals surface area (Å²) in [7, 11) is 0. The Bertz CT molecular complexity index is 145. The molecule has 0 aromatic heterocycles. The lowest BCUT2D eigenvalue weighted by Crippen LogP contribution is -2.31. The lowest BCUT2D eigenvalue weighted by molar-refractivity contribution is -0.0842. The first-order chi connectivity index (χ1) is 7.10. The molecular formula is C13H30O3. The predicted octanol–water partition coefficient (Wildman–Crippen LogP) is 3.00. The summed E-state index contributed by atoms with van der Waals surface area (Å²) in [6.07, 6.45) is 0.937. The maximum Gasteiger partial charge on any atom is 0.0859 e. The second kappa shape index (κ2) is 8.97. The molecule has 0 atom stereocenters. The van der Waals surface area contributed by atoms with Crippen molar-refractivity contribution in [3.05, 3.63) is 0 Å². The number of aliphatic hydroxyl groups excluding tert-OH is 1. The van der Waals surface area contributed by atoms with Gasteiger partial charge in [0.25, 0.3) is 0 Å². The van der Waals surface area contributed by atoms with Crippen molar-refractivity contribution in [1.82, 2.24) is 0 Å². The van der Waals surface area contributed by atoms with Gasteiger partial charge < -0.3 is 14.6 Å². The maximum atomic E-state index is 8.72. The molecule has 0 saturated carbocycles. The number of rotatable bonds is 5. The van der Waals surface area contributed by atoms with Crippen LogP contribution in [0.3, 0.4) is 0 Å². The van der Waals surface area contributed by atoms with Crippen molar-refractivity contribution in [2.45, 2.75) is 79.3 Å². The van der Waals surface area contributed by atoms with Crippen LogP contribution in [0.15, 0.2) is 0 Å². The highest BCUT2D eigenvalue weighted by Gasteiger charge is 2.17. The third-order valence-corrected chi connectivity index (χ3v) is 1.48. The molecule has 0 unspecified atom stereocenters. The van der Waals surface area contributed by atoms with Gasteiger partial charge in [0, 0.05) is 0 Å². The summed E-state index contributed by atoms with van der Waals surface area (Å²) >= 11 is 0. The molecule has 0 rings (SSSR count). The quantitative estimate of drug-likeness (QED) is 0.794. The normalized spacial score (nSPS) is 12.0. The summed E-state index contributed by atoms with van der Waals surface area (Å²) in [5, 5.41) is 8.72. The van der Waals surface area contributed by atoms with E-state index < -0.39 is 0 Å². The molecule has 16 heavy (non-hydrogen) atoms. The summed E-state index contributed by atoms with van der Waals surface area (Å²) in [5.74, 6) is 0. The maximum absolute atomic E-state index is 8.72. The molecule has 100 valence electrons. The highest BCUT2D eigenvalue weighted by Crippen LogP contribution is 2.09. The summed E-state index contributed by atoms with van der Waals surface area (Å²) in [5.41, 5.74) is -0.381.